The highest BCUT2D eigenvalue weighted by Gasteiger charge is 2.31. The van der Waals surface area contributed by atoms with Crippen molar-refractivity contribution in [3.8, 4) is 5.69 Å². The van der Waals surface area contributed by atoms with Crippen LogP contribution in [0.3, 0.4) is 0 Å². The van der Waals surface area contributed by atoms with Gasteiger partial charge in [0.1, 0.15) is 0 Å². The second-order valence-electron chi connectivity index (χ2n) is 6.34. The molecule has 1 aromatic carbocycles. The Morgan fingerprint density at radius 1 is 1.00 bits per heavy atom. The fourth-order valence-electron chi connectivity index (χ4n) is 3.85. The lowest BCUT2D eigenvalue weighted by Gasteiger charge is -2.35. The minimum absolute atomic E-state index is 0.629. The lowest BCUT2D eigenvalue weighted by molar-refractivity contribution is 0.188. The molecule has 0 radical (unpaired) electrons. The van der Waals surface area contributed by atoms with Gasteiger partial charge in [-0.1, -0.05) is 6.07 Å². The first-order valence-electron chi connectivity index (χ1n) is 8.12. The van der Waals surface area contributed by atoms with Crippen LogP contribution in [-0.2, 0) is 0 Å². The predicted molar refractivity (Wildman–Crippen MR) is 87.0 cm³/mol. The van der Waals surface area contributed by atoms with Crippen LogP contribution >= 0.6 is 0 Å². The van der Waals surface area contributed by atoms with Crippen molar-refractivity contribution in [2.45, 2.75) is 37.8 Å². The molecule has 2 unspecified atom stereocenters. The van der Waals surface area contributed by atoms with Gasteiger partial charge in [0.15, 0.2) is 0 Å². The van der Waals surface area contributed by atoms with E-state index in [1.54, 1.807) is 0 Å². The van der Waals surface area contributed by atoms with E-state index in [0.29, 0.717) is 6.04 Å². The molecule has 2 aliphatic heterocycles. The standard InChI is InChI=1S/C18H23N3/c1-2-10-20(9-1)17-6-3-5-15(13-17)19-16-8-12-21-11-4-7-18(21)14-16/h1-3,5-6,9-10,13,16,18-19H,4,7-8,11-12,14H2. The molecule has 0 aliphatic carbocycles. The molecule has 3 heteroatoms. The predicted octanol–water partition coefficient (Wildman–Crippen LogP) is 3.52. The number of nitrogens with zero attached hydrogens (tertiary/aromatic N) is 2. The van der Waals surface area contributed by atoms with Crippen molar-refractivity contribution in [2.24, 2.45) is 0 Å². The average Bonchev–Trinajstić information content (AvgIpc) is 3.18. The number of anilines is 1. The van der Waals surface area contributed by atoms with Crippen LogP contribution in [0.5, 0.6) is 0 Å². The Morgan fingerprint density at radius 3 is 2.81 bits per heavy atom. The normalized spacial score (nSPS) is 25.7. The first-order chi connectivity index (χ1) is 10.4. The van der Waals surface area contributed by atoms with Gasteiger partial charge in [0.2, 0.25) is 0 Å². The molecule has 0 spiro atoms. The largest absolute Gasteiger partial charge is 0.382 e. The molecule has 1 N–H and O–H groups in total. The number of hydrogen-bond donors (Lipinski definition) is 1. The Kier molecular flexibility index (Phi) is 3.44. The Labute approximate surface area is 126 Å². The van der Waals surface area contributed by atoms with E-state index >= 15 is 0 Å². The highest BCUT2D eigenvalue weighted by Crippen LogP contribution is 2.28. The number of rotatable bonds is 3. The zero-order chi connectivity index (χ0) is 14.1. The number of fused-ring (bicyclic) bond motifs is 1. The number of aromatic nitrogens is 1. The Bertz CT molecular complexity index is 590. The van der Waals surface area contributed by atoms with Gasteiger partial charge in [-0.25, -0.2) is 0 Å². The van der Waals surface area contributed by atoms with Gasteiger partial charge in [0.05, 0.1) is 0 Å². The van der Waals surface area contributed by atoms with Crippen molar-refractivity contribution in [2.75, 3.05) is 18.4 Å². The van der Waals surface area contributed by atoms with Crippen molar-refractivity contribution in [3.05, 3.63) is 48.8 Å². The number of piperidine rings is 1. The molecule has 2 saturated heterocycles. The summed E-state index contributed by atoms with van der Waals surface area (Å²) in [6.07, 6.45) is 9.53. The third-order valence-corrected chi connectivity index (χ3v) is 4.94. The van der Waals surface area contributed by atoms with Crippen molar-refractivity contribution >= 4 is 5.69 Å². The van der Waals surface area contributed by atoms with Crippen molar-refractivity contribution in [1.29, 1.82) is 0 Å². The average molecular weight is 281 g/mol. The van der Waals surface area contributed by atoms with Crippen molar-refractivity contribution in [1.82, 2.24) is 9.47 Å². The van der Waals surface area contributed by atoms with E-state index in [4.69, 9.17) is 0 Å². The molecular formula is C18H23N3. The smallest absolute Gasteiger partial charge is 0.0469 e. The lowest BCUT2D eigenvalue weighted by Crippen LogP contribution is -2.42. The van der Waals surface area contributed by atoms with Crippen LogP contribution in [0.1, 0.15) is 25.7 Å². The number of hydrogen-bond acceptors (Lipinski definition) is 2. The maximum absolute atomic E-state index is 3.76. The molecular weight excluding hydrogens is 258 g/mol. The van der Waals surface area contributed by atoms with E-state index in [9.17, 15) is 0 Å². The van der Waals surface area contributed by atoms with Gasteiger partial charge < -0.3 is 14.8 Å². The fraction of sp³-hybridized carbons (Fsp3) is 0.444. The van der Waals surface area contributed by atoms with E-state index in [0.717, 1.165) is 6.04 Å². The molecule has 0 amide bonds. The Balaban J connectivity index is 1.46. The number of nitrogens with one attached hydrogen (secondary N) is 1. The van der Waals surface area contributed by atoms with Gasteiger partial charge in [0, 0.05) is 42.4 Å². The third-order valence-electron chi connectivity index (χ3n) is 4.94. The van der Waals surface area contributed by atoms with E-state index < -0.39 is 0 Å². The summed E-state index contributed by atoms with van der Waals surface area (Å²) in [7, 11) is 0. The summed E-state index contributed by atoms with van der Waals surface area (Å²) < 4.78 is 2.16. The monoisotopic (exact) mass is 281 g/mol. The summed E-state index contributed by atoms with van der Waals surface area (Å²) in [5.74, 6) is 0. The Hall–Kier alpha value is -1.74. The third kappa shape index (κ3) is 2.70. The summed E-state index contributed by atoms with van der Waals surface area (Å²) in [4.78, 5) is 2.68. The molecule has 0 saturated carbocycles. The lowest BCUT2D eigenvalue weighted by atomic mass is 9.97. The maximum Gasteiger partial charge on any atom is 0.0469 e. The van der Waals surface area contributed by atoms with Crippen LogP contribution in [0, 0.1) is 0 Å². The molecule has 3 nitrogen and oxygen atoms in total. The van der Waals surface area contributed by atoms with Gasteiger partial charge in [-0.2, -0.15) is 0 Å². The van der Waals surface area contributed by atoms with E-state index in [1.165, 1.54) is 50.1 Å². The fourth-order valence-corrected chi connectivity index (χ4v) is 3.85. The van der Waals surface area contributed by atoms with Crippen LogP contribution < -0.4 is 5.32 Å². The second kappa shape index (κ2) is 5.57. The van der Waals surface area contributed by atoms with Crippen LogP contribution in [0.2, 0.25) is 0 Å². The molecule has 21 heavy (non-hydrogen) atoms. The van der Waals surface area contributed by atoms with Gasteiger partial charge in [-0.15, -0.1) is 0 Å². The first-order valence-corrected chi connectivity index (χ1v) is 8.12. The van der Waals surface area contributed by atoms with Gasteiger partial charge >= 0.3 is 0 Å². The zero-order valence-corrected chi connectivity index (χ0v) is 12.4. The zero-order valence-electron chi connectivity index (χ0n) is 12.4. The van der Waals surface area contributed by atoms with Crippen molar-refractivity contribution in [3.63, 3.8) is 0 Å². The summed E-state index contributed by atoms with van der Waals surface area (Å²) in [6.45, 7) is 2.58. The van der Waals surface area contributed by atoms with E-state index in [1.807, 2.05) is 0 Å². The molecule has 2 atom stereocenters. The van der Waals surface area contributed by atoms with Crippen LogP contribution in [0.4, 0.5) is 5.69 Å². The molecule has 0 bridgehead atoms. The molecule has 110 valence electrons. The summed E-state index contributed by atoms with van der Waals surface area (Å²) in [5.41, 5.74) is 2.47. The summed E-state index contributed by atoms with van der Waals surface area (Å²) in [6, 6.07) is 14.3. The van der Waals surface area contributed by atoms with E-state index in [2.05, 4.69) is 63.6 Å². The first kappa shape index (κ1) is 13.0. The van der Waals surface area contributed by atoms with Gasteiger partial charge in [-0.3, -0.25) is 0 Å². The van der Waals surface area contributed by atoms with Gasteiger partial charge in [-0.05, 0) is 62.6 Å². The maximum atomic E-state index is 3.76. The van der Waals surface area contributed by atoms with Crippen molar-refractivity contribution < 1.29 is 0 Å². The number of benzene rings is 1. The van der Waals surface area contributed by atoms with E-state index in [-0.39, 0.29) is 0 Å². The molecule has 1 aromatic heterocycles. The molecule has 4 rings (SSSR count). The SMILES string of the molecule is c1cc(NC2CCN3CCCC3C2)cc(-n2cccc2)c1. The van der Waals surface area contributed by atoms with Gasteiger partial charge in [0.25, 0.3) is 0 Å². The summed E-state index contributed by atoms with van der Waals surface area (Å²) >= 11 is 0. The molecule has 2 aliphatic rings. The molecule has 2 fully saturated rings. The second-order valence-corrected chi connectivity index (χ2v) is 6.34. The minimum atomic E-state index is 0.629. The van der Waals surface area contributed by atoms with Crippen LogP contribution in [0.15, 0.2) is 48.8 Å². The topological polar surface area (TPSA) is 20.2 Å². The molecule has 3 heterocycles. The highest BCUT2D eigenvalue weighted by atomic mass is 15.2. The quantitative estimate of drug-likeness (QED) is 0.929. The molecule has 2 aromatic rings. The Morgan fingerprint density at radius 2 is 1.90 bits per heavy atom. The van der Waals surface area contributed by atoms with Crippen LogP contribution in [0.25, 0.3) is 5.69 Å². The minimum Gasteiger partial charge on any atom is -0.382 e. The highest BCUT2D eigenvalue weighted by molar-refractivity contribution is 5.52. The van der Waals surface area contributed by atoms with Crippen LogP contribution in [-0.4, -0.2) is 34.6 Å². The summed E-state index contributed by atoms with van der Waals surface area (Å²) in [5, 5.41) is 3.76.